The first-order valence-electron chi connectivity index (χ1n) is 5.08. The molecular formula is C12H12N2O3. The average molecular weight is 232 g/mol. The van der Waals surface area contributed by atoms with Crippen LogP contribution in [-0.2, 0) is 13.7 Å². The molecule has 0 bridgehead atoms. The number of para-hydroxylation sites is 1. The number of benzene rings is 1. The minimum Gasteiger partial charge on any atom is -0.506 e. The zero-order valence-corrected chi connectivity index (χ0v) is 9.29. The SMILES string of the molecule is Cn1cc(CO)c(-c2cccc(C=O)c2O)n1. The van der Waals surface area contributed by atoms with Crippen molar-refractivity contribution in [3.05, 3.63) is 35.5 Å². The third kappa shape index (κ3) is 1.92. The summed E-state index contributed by atoms with van der Waals surface area (Å²) in [5, 5.41) is 23.3. The van der Waals surface area contributed by atoms with Crippen LogP contribution >= 0.6 is 0 Å². The van der Waals surface area contributed by atoms with Crippen molar-refractivity contribution in [1.29, 1.82) is 0 Å². The first-order chi connectivity index (χ1) is 8.17. The van der Waals surface area contributed by atoms with Crippen LogP contribution in [0.15, 0.2) is 24.4 Å². The Morgan fingerprint density at radius 1 is 1.47 bits per heavy atom. The van der Waals surface area contributed by atoms with Crippen LogP contribution in [0.5, 0.6) is 5.75 Å². The Bertz CT molecular complexity index is 561. The van der Waals surface area contributed by atoms with Gasteiger partial charge in [-0.1, -0.05) is 6.07 Å². The third-order valence-electron chi connectivity index (χ3n) is 2.52. The fourth-order valence-corrected chi connectivity index (χ4v) is 1.73. The molecule has 1 heterocycles. The van der Waals surface area contributed by atoms with Crippen molar-refractivity contribution in [2.45, 2.75) is 6.61 Å². The second-order valence-corrected chi connectivity index (χ2v) is 3.70. The van der Waals surface area contributed by atoms with Gasteiger partial charge in [0, 0.05) is 24.4 Å². The highest BCUT2D eigenvalue weighted by Crippen LogP contribution is 2.32. The number of hydrogen-bond acceptors (Lipinski definition) is 4. The number of aromatic hydroxyl groups is 1. The molecule has 2 rings (SSSR count). The number of hydrogen-bond donors (Lipinski definition) is 2. The molecule has 5 nitrogen and oxygen atoms in total. The number of aliphatic hydroxyl groups excluding tert-OH is 1. The number of aromatic nitrogens is 2. The molecule has 0 fully saturated rings. The van der Waals surface area contributed by atoms with E-state index >= 15 is 0 Å². The highest BCUT2D eigenvalue weighted by molar-refractivity contribution is 5.85. The predicted molar refractivity (Wildman–Crippen MR) is 61.6 cm³/mol. The van der Waals surface area contributed by atoms with Crippen LogP contribution in [0.25, 0.3) is 11.3 Å². The van der Waals surface area contributed by atoms with E-state index < -0.39 is 0 Å². The number of aliphatic hydroxyl groups is 1. The molecule has 1 aromatic carbocycles. The first-order valence-corrected chi connectivity index (χ1v) is 5.08. The highest BCUT2D eigenvalue weighted by Gasteiger charge is 2.15. The zero-order chi connectivity index (χ0) is 12.4. The van der Waals surface area contributed by atoms with E-state index in [1.165, 1.54) is 6.07 Å². The Morgan fingerprint density at radius 3 is 2.88 bits per heavy atom. The van der Waals surface area contributed by atoms with E-state index in [-0.39, 0.29) is 17.9 Å². The number of nitrogens with zero attached hydrogens (tertiary/aromatic N) is 2. The van der Waals surface area contributed by atoms with Crippen LogP contribution in [0.1, 0.15) is 15.9 Å². The van der Waals surface area contributed by atoms with Gasteiger partial charge in [-0.05, 0) is 12.1 Å². The lowest BCUT2D eigenvalue weighted by atomic mass is 10.0. The quantitative estimate of drug-likeness (QED) is 0.777. The molecule has 0 aliphatic heterocycles. The minimum absolute atomic E-state index is 0.115. The van der Waals surface area contributed by atoms with Gasteiger partial charge in [0.05, 0.1) is 12.2 Å². The number of carbonyl (C=O) groups is 1. The lowest BCUT2D eigenvalue weighted by molar-refractivity contribution is 0.112. The Balaban J connectivity index is 2.63. The average Bonchev–Trinajstić information content (AvgIpc) is 2.70. The van der Waals surface area contributed by atoms with E-state index in [1.807, 2.05) is 0 Å². The van der Waals surface area contributed by atoms with E-state index in [0.29, 0.717) is 23.1 Å². The molecule has 0 amide bonds. The summed E-state index contributed by atoms with van der Waals surface area (Å²) in [6, 6.07) is 4.84. The second kappa shape index (κ2) is 4.39. The molecule has 2 N–H and O–H groups in total. The van der Waals surface area contributed by atoms with Crippen LogP contribution in [0.3, 0.4) is 0 Å². The van der Waals surface area contributed by atoms with E-state index in [4.69, 9.17) is 0 Å². The normalized spacial score (nSPS) is 10.5. The zero-order valence-electron chi connectivity index (χ0n) is 9.29. The summed E-state index contributed by atoms with van der Waals surface area (Å²) < 4.78 is 1.55. The molecule has 0 saturated heterocycles. The number of aldehydes is 1. The molecule has 0 aliphatic carbocycles. The van der Waals surface area contributed by atoms with E-state index in [9.17, 15) is 15.0 Å². The summed E-state index contributed by atoms with van der Waals surface area (Å²) in [6.45, 7) is -0.173. The van der Waals surface area contributed by atoms with Gasteiger partial charge in [0.25, 0.3) is 0 Å². The van der Waals surface area contributed by atoms with Gasteiger partial charge < -0.3 is 10.2 Å². The number of phenolic OH excluding ortho intramolecular Hbond substituents is 1. The fourth-order valence-electron chi connectivity index (χ4n) is 1.73. The number of carbonyl (C=O) groups excluding carboxylic acids is 1. The standard InChI is InChI=1S/C12H12N2O3/c1-14-5-9(7-16)11(13-14)10-4-2-3-8(6-15)12(10)17/h2-6,16-17H,7H2,1H3. The van der Waals surface area contributed by atoms with Crippen molar-refractivity contribution in [1.82, 2.24) is 9.78 Å². The molecule has 0 atom stereocenters. The van der Waals surface area contributed by atoms with Crippen molar-refractivity contribution >= 4 is 6.29 Å². The second-order valence-electron chi connectivity index (χ2n) is 3.70. The minimum atomic E-state index is -0.173. The lowest BCUT2D eigenvalue weighted by Crippen LogP contribution is -1.91. The predicted octanol–water partition coefficient (Wildman–Crippen LogP) is 1.10. The van der Waals surface area contributed by atoms with Crippen molar-refractivity contribution < 1.29 is 15.0 Å². The lowest BCUT2D eigenvalue weighted by Gasteiger charge is -2.04. The molecule has 2 aromatic rings. The Kier molecular flexibility index (Phi) is 2.93. The van der Waals surface area contributed by atoms with Crippen molar-refractivity contribution in [3.63, 3.8) is 0 Å². The van der Waals surface area contributed by atoms with Gasteiger partial charge >= 0.3 is 0 Å². The molecular weight excluding hydrogens is 220 g/mol. The van der Waals surface area contributed by atoms with E-state index in [0.717, 1.165) is 0 Å². The van der Waals surface area contributed by atoms with Crippen LogP contribution in [0.2, 0.25) is 0 Å². The molecule has 88 valence electrons. The van der Waals surface area contributed by atoms with Gasteiger partial charge in [-0.25, -0.2) is 0 Å². The maximum absolute atomic E-state index is 10.7. The summed E-state index contributed by atoms with van der Waals surface area (Å²) in [5.74, 6) is -0.115. The van der Waals surface area contributed by atoms with Crippen LogP contribution in [0.4, 0.5) is 0 Å². The van der Waals surface area contributed by atoms with Gasteiger partial charge in [-0.15, -0.1) is 0 Å². The number of rotatable bonds is 3. The van der Waals surface area contributed by atoms with Crippen molar-refractivity contribution in [2.75, 3.05) is 0 Å². The summed E-state index contributed by atoms with van der Waals surface area (Å²) in [4.78, 5) is 10.7. The third-order valence-corrected chi connectivity index (χ3v) is 2.52. The molecule has 0 aliphatic rings. The summed E-state index contributed by atoms with van der Waals surface area (Å²) in [6.07, 6.45) is 2.25. The van der Waals surface area contributed by atoms with Gasteiger partial charge in [0.2, 0.25) is 0 Å². The van der Waals surface area contributed by atoms with Crippen molar-refractivity contribution in [2.24, 2.45) is 7.05 Å². The summed E-state index contributed by atoms with van der Waals surface area (Å²) in [5.41, 5.74) is 1.73. The van der Waals surface area contributed by atoms with E-state index in [1.54, 1.807) is 30.1 Å². The topological polar surface area (TPSA) is 75.4 Å². The monoisotopic (exact) mass is 232 g/mol. The maximum Gasteiger partial charge on any atom is 0.153 e. The number of phenols is 1. The molecule has 0 radical (unpaired) electrons. The van der Waals surface area contributed by atoms with Gasteiger partial charge in [0.15, 0.2) is 6.29 Å². The smallest absolute Gasteiger partial charge is 0.153 e. The first kappa shape index (κ1) is 11.3. The molecule has 0 spiro atoms. The van der Waals surface area contributed by atoms with Gasteiger partial charge in [0.1, 0.15) is 11.4 Å². The number of aryl methyl sites for hydroxylation is 1. The van der Waals surface area contributed by atoms with Crippen LogP contribution in [0, 0.1) is 0 Å². The summed E-state index contributed by atoms with van der Waals surface area (Å²) in [7, 11) is 1.73. The molecule has 0 saturated carbocycles. The Morgan fingerprint density at radius 2 is 2.24 bits per heavy atom. The molecule has 0 unspecified atom stereocenters. The molecule has 5 heteroatoms. The summed E-state index contributed by atoms with van der Waals surface area (Å²) >= 11 is 0. The Hall–Kier alpha value is -2.14. The maximum atomic E-state index is 10.7. The van der Waals surface area contributed by atoms with E-state index in [2.05, 4.69) is 5.10 Å². The Labute approximate surface area is 97.9 Å². The highest BCUT2D eigenvalue weighted by atomic mass is 16.3. The van der Waals surface area contributed by atoms with Crippen LogP contribution in [-0.4, -0.2) is 26.3 Å². The molecule has 1 aromatic heterocycles. The fraction of sp³-hybridized carbons (Fsp3) is 0.167. The molecule has 17 heavy (non-hydrogen) atoms. The van der Waals surface area contributed by atoms with Crippen LogP contribution < -0.4 is 0 Å². The van der Waals surface area contributed by atoms with Gasteiger partial charge in [-0.2, -0.15) is 5.10 Å². The van der Waals surface area contributed by atoms with Crippen molar-refractivity contribution in [3.8, 4) is 17.0 Å². The largest absolute Gasteiger partial charge is 0.506 e. The van der Waals surface area contributed by atoms with Gasteiger partial charge in [-0.3, -0.25) is 9.48 Å².